The molecule has 0 saturated carbocycles. The second-order valence-corrected chi connectivity index (χ2v) is 11.9. The highest BCUT2D eigenvalue weighted by Gasteiger charge is 2.31. The third-order valence-corrected chi connectivity index (χ3v) is 8.84. The number of rotatable bonds is 6. The van der Waals surface area contributed by atoms with E-state index in [4.69, 9.17) is 0 Å². The molecule has 3 heterocycles. The van der Waals surface area contributed by atoms with E-state index in [0.717, 1.165) is 16.7 Å². The molecule has 4 aromatic rings. The van der Waals surface area contributed by atoms with E-state index in [9.17, 15) is 27.5 Å². The first-order chi connectivity index (χ1) is 20.4. The first kappa shape index (κ1) is 29.8. The van der Waals surface area contributed by atoms with Crippen LogP contribution in [0.2, 0.25) is 0 Å². The molecule has 2 aromatic heterocycles. The zero-order valence-electron chi connectivity index (χ0n) is 23.5. The molecule has 1 saturated heterocycles. The molecule has 11 nitrogen and oxygen atoms in total. The van der Waals surface area contributed by atoms with Crippen LogP contribution in [0.5, 0.6) is 5.75 Å². The van der Waals surface area contributed by atoms with Gasteiger partial charge in [0.25, 0.3) is 0 Å². The highest BCUT2D eigenvalue weighted by Crippen LogP contribution is 2.36. The number of hydrogen-bond donors (Lipinski definition) is 2. The van der Waals surface area contributed by atoms with Crippen molar-refractivity contribution in [2.45, 2.75) is 24.8 Å². The minimum atomic E-state index is -4.12. The first-order valence-electron chi connectivity index (χ1n) is 13.2. The van der Waals surface area contributed by atoms with Gasteiger partial charge < -0.3 is 14.9 Å². The van der Waals surface area contributed by atoms with E-state index in [0.29, 0.717) is 5.56 Å². The molecule has 1 fully saturated rings. The van der Waals surface area contributed by atoms with Gasteiger partial charge in [-0.1, -0.05) is 24.8 Å². The maximum absolute atomic E-state index is 15.8. The molecule has 0 spiro atoms. The summed E-state index contributed by atoms with van der Waals surface area (Å²) in [6.07, 6.45) is 1.20. The SMILES string of the molecule is C=CC(=O)N1CCN(c2nc(=O)n(-c3c(C)cccc3S(=O)(=O)NC)c3nc(-c4c(O)cccc4F)c(F)cc23)[C@@H](C)C1. The lowest BCUT2D eigenvalue weighted by molar-refractivity contribution is -0.126. The zero-order valence-corrected chi connectivity index (χ0v) is 24.3. The highest BCUT2D eigenvalue weighted by molar-refractivity contribution is 7.89. The van der Waals surface area contributed by atoms with Crippen LogP contribution >= 0.6 is 0 Å². The van der Waals surface area contributed by atoms with Crippen LogP contribution in [-0.4, -0.2) is 71.6 Å². The van der Waals surface area contributed by atoms with Crippen molar-refractivity contribution in [2.24, 2.45) is 0 Å². The van der Waals surface area contributed by atoms with Crippen LogP contribution in [0.25, 0.3) is 28.0 Å². The lowest BCUT2D eigenvalue weighted by Gasteiger charge is -2.40. The van der Waals surface area contributed by atoms with Crippen molar-refractivity contribution in [2.75, 3.05) is 31.6 Å². The van der Waals surface area contributed by atoms with Gasteiger partial charge in [0.1, 0.15) is 28.0 Å². The van der Waals surface area contributed by atoms with E-state index in [2.05, 4.69) is 21.3 Å². The number of aromatic nitrogens is 3. The van der Waals surface area contributed by atoms with Crippen molar-refractivity contribution in [1.29, 1.82) is 0 Å². The number of para-hydroxylation sites is 1. The predicted molar refractivity (Wildman–Crippen MR) is 157 cm³/mol. The summed E-state index contributed by atoms with van der Waals surface area (Å²) < 4.78 is 60.0. The molecule has 2 aromatic carbocycles. The summed E-state index contributed by atoms with van der Waals surface area (Å²) in [5, 5.41) is 10.5. The first-order valence-corrected chi connectivity index (χ1v) is 14.7. The number of nitrogens with one attached hydrogen (secondary N) is 1. The van der Waals surface area contributed by atoms with Gasteiger partial charge >= 0.3 is 5.69 Å². The minimum absolute atomic E-state index is 0.0306. The molecular formula is C29H28F2N6O5S. The van der Waals surface area contributed by atoms with E-state index in [1.807, 2.05) is 0 Å². The van der Waals surface area contributed by atoms with Crippen LogP contribution in [0.4, 0.5) is 14.6 Å². The van der Waals surface area contributed by atoms with E-state index < -0.39 is 44.4 Å². The average molecular weight is 611 g/mol. The molecule has 1 atom stereocenters. The molecule has 0 aliphatic carbocycles. The maximum Gasteiger partial charge on any atom is 0.355 e. The number of piperazine rings is 1. The fourth-order valence-electron chi connectivity index (χ4n) is 5.30. The fraction of sp³-hybridized carbons (Fsp3) is 0.241. The Morgan fingerprint density at radius 3 is 2.51 bits per heavy atom. The number of hydrogen-bond acceptors (Lipinski definition) is 8. The molecule has 43 heavy (non-hydrogen) atoms. The average Bonchev–Trinajstić information content (AvgIpc) is 2.97. The molecule has 5 rings (SSSR count). The molecule has 2 N–H and O–H groups in total. The number of phenols is 1. The quantitative estimate of drug-likeness (QED) is 0.318. The number of phenolic OH excluding ortho intramolecular Hbond substituents is 1. The summed E-state index contributed by atoms with van der Waals surface area (Å²) in [6.45, 7) is 7.66. The van der Waals surface area contributed by atoms with Gasteiger partial charge in [-0.2, -0.15) is 4.98 Å². The van der Waals surface area contributed by atoms with Crippen LogP contribution < -0.4 is 15.3 Å². The lowest BCUT2D eigenvalue weighted by atomic mass is 10.1. The summed E-state index contributed by atoms with van der Waals surface area (Å²) in [5.74, 6) is -2.77. The van der Waals surface area contributed by atoms with Crippen molar-refractivity contribution in [1.82, 2.24) is 24.2 Å². The van der Waals surface area contributed by atoms with Crippen molar-refractivity contribution in [3.8, 4) is 22.7 Å². The normalized spacial score (nSPS) is 15.6. The molecule has 1 amide bonds. The van der Waals surface area contributed by atoms with E-state index in [-0.39, 0.29) is 59.0 Å². The smallest absolute Gasteiger partial charge is 0.355 e. The molecule has 0 radical (unpaired) electrons. The van der Waals surface area contributed by atoms with Crippen molar-refractivity contribution < 1.29 is 27.1 Å². The van der Waals surface area contributed by atoms with Gasteiger partial charge in [-0.3, -0.25) is 4.79 Å². The summed E-state index contributed by atoms with van der Waals surface area (Å²) in [6, 6.07) is 8.47. The van der Waals surface area contributed by atoms with Crippen LogP contribution in [0, 0.1) is 18.6 Å². The number of halogens is 2. The third-order valence-electron chi connectivity index (χ3n) is 7.40. The lowest BCUT2D eigenvalue weighted by Crippen LogP contribution is -2.54. The third kappa shape index (κ3) is 5.12. The molecular weight excluding hydrogens is 582 g/mol. The number of pyridine rings is 1. The summed E-state index contributed by atoms with van der Waals surface area (Å²) in [5.41, 5.74) is -1.98. The van der Waals surface area contributed by atoms with E-state index >= 15 is 4.39 Å². The number of carbonyl (C=O) groups excluding carboxylic acids is 1. The van der Waals surface area contributed by atoms with Crippen molar-refractivity contribution in [3.63, 3.8) is 0 Å². The number of carbonyl (C=O) groups is 1. The Hall–Kier alpha value is -4.69. The molecule has 0 bridgehead atoms. The van der Waals surface area contributed by atoms with Crippen LogP contribution in [0.15, 0.2) is 64.8 Å². The predicted octanol–water partition coefficient (Wildman–Crippen LogP) is 2.87. The number of sulfonamides is 1. The van der Waals surface area contributed by atoms with E-state index in [1.54, 1.807) is 29.7 Å². The summed E-state index contributed by atoms with van der Waals surface area (Å²) >= 11 is 0. The highest BCUT2D eigenvalue weighted by atomic mass is 32.2. The number of aromatic hydroxyl groups is 1. The number of nitrogens with zero attached hydrogens (tertiary/aromatic N) is 5. The number of anilines is 1. The maximum atomic E-state index is 15.8. The minimum Gasteiger partial charge on any atom is -0.507 e. The van der Waals surface area contributed by atoms with Gasteiger partial charge in [0, 0.05) is 25.7 Å². The summed E-state index contributed by atoms with van der Waals surface area (Å²) in [4.78, 5) is 37.8. The zero-order chi connectivity index (χ0) is 31.2. The molecule has 224 valence electrons. The van der Waals surface area contributed by atoms with Gasteiger partial charge in [-0.05, 0) is 56.8 Å². The van der Waals surface area contributed by atoms with Crippen LogP contribution in [0.3, 0.4) is 0 Å². The number of benzene rings is 2. The fourth-order valence-corrected chi connectivity index (χ4v) is 6.28. The topological polar surface area (TPSA) is 138 Å². The number of aryl methyl sites for hydroxylation is 1. The largest absolute Gasteiger partial charge is 0.507 e. The van der Waals surface area contributed by atoms with Crippen molar-refractivity contribution in [3.05, 3.63) is 82.8 Å². The standard InChI is InChI=1S/C29H28F2N6O5S/c1-5-23(39)35-12-13-36(17(3)15-35)27-18-14-20(31)25(24-19(30)9-7-10-21(24)38)33-28(18)37(29(40)34-27)26-16(2)8-6-11-22(26)43(41,42)32-4/h5-11,14,17,32,38H,1,12-13,15H2,2-4H3/t17-/m0/s1. The monoisotopic (exact) mass is 610 g/mol. The van der Waals surface area contributed by atoms with Gasteiger partial charge in [0.15, 0.2) is 11.5 Å². The molecule has 1 aliphatic heterocycles. The second kappa shape index (κ2) is 11.2. The molecule has 1 aliphatic rings. The van der Waals surface area contributed by atoms with Crippen LogP contribution in [0.1, 0.15) is 12.5 Å². The Morgan fingerprint density at radius 1 is 1.14 bits per heavy atom. The van der Waals surface area contributed by atoms with Gasteiger partial charge in [-0.15, -0.1) is 0 Å². The van der Waals surface area contributed by atoms with Gasteiger partial charge in [0.2, 0.25) is 15.9 Å². The van der Waals surface area contributed by atoms with Crippen molar-refractivity contribution >= 4 is 32.8 Å². The molecule has 0 unspecified atom stereocenters. The van der Waals surface area contributed by atoms with Crippen LogP contribution in [-0.2, 0) is 14.8 Å². The number of fused-ring (bicyclic) bond motifs is 1. The van der Waals surface area contributed by atoms with Gasteiger partial charge in [-0.25, -0.2) is 36.3 Å². The Balaban J connectivity index is 1.87. The van der Waals surface area contributed by atoms with E-state index in [1.165, 1.54) is 37.4 Å². The Labute approximate surface area is 245 Å². The summed E-state index contributed by atoms with van der Waals surface area (Å²) in [7, 11) is -2.90. The Bertz CT molecular complexity index is 1940. The molecule has 14 heteroatoms. The van der Waals surface area contributed by atoms with Gasteiger partial charge in [0.05, 0.1) is 16.6 Å². The number of amides is 1. The second-order valence-electron chi connectivity index (χ2n) is 10.0. The Morgan fingerprint density at radius 2 is 1.86 bits per heavy atom. The Kier molecular flexibility index (Phi) is 7.75.